The number of hydrogen-bond acceptors (Lipinski definition) is 7. The van der Waals surface area contributed by atoms with E-state index in [1.165, 1.54) is 13.3 Å². The van der Waals surface area contributed by atoms with Gasteiger partial charge in [-0.3, -0.25) is 10.1 Å². The van der Waals surface area contributed by atoms with E-state index >= 15 is 0 Å². The lowest BCUT2D eigenvalue weighted by atomic mass is 10.2. The molecule has 1 aromatic carbocycles. The fourth-order valence-corrected chi connectivity index (χ4v) is 2.26. The Hall–Kier alpha value is -3.10. The van der Waals surface area contributed by atoms with E-state index in [9.17, 15) is 9.59 Å². The Kier molecular flexibility index (Phi) is 5.50. The van der Waals surface area contributed by atoms with Crippen molar-refractivity contribution in [2.75, 3.05) is 7.11 Å². The highest BCUT2D eigenvalue weighted by molar-refractivity contribution is 8.18. The number of ether oxygens (including phenoxy) is 1. The van der Waals surface area contributed by atoms with Crippen LogP contribution in [0.25, 0.3) is 10.4 Å². The number of rotatable bonds is 4. The van der Waals surface area contributed by atoms with E-state index < -0.39 is 11.9 Å². The van der Waals surface area contributed by atoms with Crippen molar-refractivity contribution in [3.8, 4) is 0 Å². The maximum atomic E-state index is 11.6. The second-order valence-corrected chi connectivity index (χ2v) is 5.02. The molecule has 10 heteroatoms. The summed E-state index contributed by atoms with van der Waals surface area (Å²) in [7, 11) is 1.22. The molecule has 23 heavy (non-hydrogen) atoms. The van der Waals surface area contributed by atoms with Crippen molar-refractivity contribution in [2.45, 2.75) is 0 Å². The maximum Gasteiger partial charge on any atom is 0.331 e. The van der Waals surface area contributed by atoms with Crippen LogP contribution >= 0.6 is 11.8 Å². The number of amides is 1. The van der Waals surface area contributed by atoms with Crippen molar-refractivity contribution >= 4 is 40.7 Å². The topological polar surface area (TPSA) is 129 Å². The molecule has 1 aliphatic rings. The molecule has 1 heterocycles. The highest BCUT2D eigenvalue weighted by atomic mass is 32.2. The number of hydrogen-bond donors (Lipinski definition) is 1. The van der Waals surface area contributed by atoms with Gasteiger partial charge in [0.2, 0.25) is 0 Å². The van der Waals surface area contributed by atoms with Crippen LogP contribution in [0.2, 0.25) is 0 Å². The minimum atomic E-state index is -0.629. The fourth-order valence-electron chi connectivity index (χ4n) is 1.52. The van der Waals surface area contributed by atoms with Gasteiger partial charge in [-0.2, -0.15) is 5.10 Å². The number of methoxy groups -OCH3 is 1. The summed E-state index contributed by atoms with van der Waals surface area (Å²) in [5.41, 5.74) is 9.47. The zero-order valence-corrected chi connectivity index (χ0v) is 12.6. The Morgan fingerprint density at radius 2 is 2.22 bits per heavy atom. The first-order valence-corrected chi connectivity index (χ1v) is 6.99. The maximum absolute atomic E-state index is 11.6. The molecule has 0 aliphatic carbocycles. The summed E-state index contributed by atoms with van der Waals surface area (Å²) in [5.74, 6) is -1.08. The van der Waals surface area contributed by atoms with Crippen LogP contribution in [-0.4, -0.2) is 30.4 Å². The third kappa shape index (κ3) is 4.43. The van der Waals surface area contributed by atoms with E-state index in [1.54, 1.807) is 24.3 Å². The molecule has 0 unspecified atom stereocenters. The second-order valence-electron chi connectivity index (χ2n) is 3.99. The quantitative estimate of drug-likeness (QED) is 0.172. The largest absolute Gasteiger partial charge is 0.466 e. The molecular formula is C13H10N6O3S. The number of carbonyl (C=O) groups is 2. The summed E-state index contributed by atoms with van der Waals surface area (Å²) in [6, 6.07) is 6.83. The number of thioether (sulfide) groups is 1. The third-order valence-corrected chi connectivity index (χ3v) is 3.44. The van der Waals surface area contributed by atoms with Gasteiger partial charge in [0, 0.05) is 22.2 Å². The van der Waals surface area contributed by atoms with Crippen LogP contribution in [0.15, 0.2) is 50.6 Å². The number of esters is 1. The Labute approximate surface area is 134 Å². The number of amidine groups is 1. The van der Waals surface area contributed by atoms with E-state index in [4.69, 9.17) is 5.53 Å². The van der Waals surface area contributed by atoms with Gasteiger partial charge in [0.05, 0.1) is 18.2 Å². The number of benzene rings is 1. The molecule has 0 radical (unpaired) electrons. The van der Waals surface area contributed by atoms with Crippen LogP contribution in [0.1, 0.15) is 5.56 Å². The van der Waals surface area contributed by atoms with Crippen LogP contribution in [0.5, 0.6) is 0 Å². The Bertz CT molecular complexity index is 780. The van der Waals surface area contributed by atoms with Gasteiger partial charge in [0.15, 0.2) is 5.17 Å². The zero-order chi connectivity index (χ0) is 16.7. The minimum Gasteiger partial charge on any atom is -0.466 e. The van der Waals surface area contributed by atoms with Gasteiger partial charge in [-0.25, -0.2) is 4.79 Å². The standard InChI is InChI=1S/C13H10N6O3S/c1-22-11(20)6-10-12(21)16-13(23-10)18-15-7-8-4-2-3-5-9(8)17-19-14/h2-7H,1H3,(H,16,18,21)/b10-6+,15-7?. The van der Waals surface area contributed by atoms with Crippen molar-refractivity contribution < 1.29 is 14.3 Å². The molecular weight excluding hydrogens is 320 g/mol. The normalized spacial score (nSPS) is 17.3. The average Bonchev–Trinajstić information content (AvgIpc) is 2.89. The van der Waals surface area contributed by atoms with Gasteiger partial charge in [0.25, 0.3) is 5.91 Å². The Morgan fingerprint density at radius 1 is 1.43 bits per heavy atom. The highest BCUT2D eigenvalue weighted by Gasteiger charge is 2.24. The molecule has 1 aliphatic heterocycles. The fraction of sp³-hybridized carbons (Fsp3) is 0.0769. The van der Waals surface area contributed by atoms with Gasteiger partial charge >= 0.3 is 5.97 Å². The molecule has 0 aromatic heterocycles. The summed E-state index contributed by atoms with van der Waals surface area (Å²) in [6.07, 6.45) is 2.47. The lowest BCUT2D eigenvalue weighted by Crippen LogP contribution is -2.19. The average molecular weight is 330 g/mol. The number of nitrogens with one attached hydrogen (secondary N) is 1. The lowest BCUT2D eigenvalue weighted by Gasteiger charge is -1.96. The van der Waals surface area contributed by atoms with Gasteiger partial charge in [-0.05, 0) is 17.3 Å². The van der Waals surface area contributed by atoms with Crippen molar-refractivity contribution in [1.29, 1.82) is 0 Å². The molecule has 1 aromatic rings. The van der Waals surface area contributed by atoms with Crippen molar-refractivity contribution in [1.82, 2.24) is 5.32 Å². The van der Waals surface area contributed by atoms with E-state index in [-0.39, 0.29) is 10.1 Å². The van der Waals surface area contributed by atoms with Gasteiger partial charge in [0.1, 0.15) is 0 Å². The Balaban J connectivity index is 2.13. The van der Waals surface area contributed by atoms with Crippen LogP contribution in [0.4, 0.5) is 5.69 Å². The molecule has 0 spiro atoms. The molecule has 1 saturated heterocycles. The zero-order valence-electron chi connectivity index (χ0n) is 11.8. The first-order chi connectivity index (χ1) is 11.1. The third-order valence-electron chi connectivity index (χ3n) is 2.54. The van der Waals surface area contributed by atoms with E-state index in [0.717, 1.165) is 17.8 Å². The minimum absolute atomic E-state index is 0.167. The van der Waals surface area contributed by atoms with Crippen LogP contribution < -0.4 is 5.32 Å². The molecule has 1 N–H and O–H groups in total. The molecule has 0 atom stereocenters. The smallest absolute Gasteiger partial charge is 0.331 e. The van der Waals surface area contributed by atoms with Crippen LogP contribution in [0, 0.1) is 0 Å². The predicted molar refractivity (Wildman–Crippen MR) is 86.1 cm³/mol. The van der Waals surface area contributed by atoms with E-state index in [0.29, 0.717) is 11.3 Å². The SMILES string of the molecule is COC(=O)/C=C1/S/C(=N\N=Cc2ccccc2N=[N+]=[N-])NC1=O. The van der Waals surface area contributed by atoms with Crippen molar-refractivity contribution in [3.63, 3.8) is 0 Å². The molecule has 9 nitrogen and oxygen atoms in total. The van der Waals surface area contributed by atoms with Gasteiger partial charge in [-0.15, -0.1) is 5.10 Å². The predicted octanol–water partition coefficient (Wildman–Crippen LogP) is 2.24. The van der Waals surface area contributed by atoms with E-state index in [2.05, 4.69) is 30.3 Å². The summed E-state index contributed by atoms with van der Waals surface area (Å²) in [4.78, 5) is 25.6. The molecule has 2 rings (SSSR count). The number of nitrogens with zero attached hydrogens (tertiary/aromatic N) is 5. The molecule has 0 saturated carbocycles. The van der Waals surface area contributed by atoms with Gasteiger partial charge < -0.3 is 4.74 Å². The van der Waals surface area contributed by atoms with Crippen LogP contribution in [-0.2, 0) is 14.3 Å². The van der Waals surface area contributed by atoms with Crippen LogP contribution in [0.3, 0.4) is 0 Å². The van der Waals surface area contributed by atoms with Crippen molar-refractivity contribution in [3.05, 3.63) is 51.3 Å². The molecule has 0 bridgehead atoms. The lowest BCUT2D eigenvalue weighted by molar-refractivity contribution is -0.135. The molecule has 116 valence electrons. The summed E-state index contributed by atoms with van der Waals surface area (Å²) in [6.45, 7) is 0. The van der Waals surface area contributed by atoms with Crippen molar-refractivity contribution in [2.24, 2.45) is 15.3 Å². The summed E-state index contributed by atoms with van der Waals surface area (Å²) in [5, 5.41) is 13.9. The monoisotopic (exact) mass is 330 g/mol. The Morgan fingerprint density at radius 3 is 2.96 bits per heavy atom. The second kappa shape index (κ2) is 7.78. The van der Waals surface area contributed by atoms with Gasteiger partial charge in [-0.1, -0.05) is 29.4 Å². The number of carbonyl (C=O) groups excluding carboxylic acids is 2. The molecule has 1 fully saturated rings. The highest BCUT2D eigenvalue weighted by Crippen LogP contribution is 2.23. The summed E-state index contributed by atoms with van der Waals surface area (Å²) < 4.78 is 4.45. The molecule has 1 amide bonds. The summed E-state index contributed by atoms with van der Waals surface area (Å²) >= 11 is 0.966. The number of azide groups is 1. The van der Waals surface area contributed by atoms with E-state index in [1.807, 2.05) is 0 Å². The first-order valence-electron chi connectivity index (χ1n) is 6.18. The first kappa shape index (κ1) is 16.3.